The van der Waals surface area contributed by atoms with Gasteiger partial charge in [-0.3, -0.25) is 4.79 Å². The quantitative estimate of drug-likeness (QED) is 0.252. The molecule has 200 valence electrons. The summed E-state index contributed by atoms with van der Waals surface area (Å²) >= 11 is 0. The molecule has 0 bridgehead atoms. The summed E-state index contributed by atoms with van der Waals surface area (Å²) in [5, 5.41) is 73.8. The monoisotopic (exact) mass is 518 g/mol. The lowest BCUT2D eigenvalue weighted by atomic mass is 9.61. The van der Waals surface area contributed by atoms with Crippen LogP contribution in [0.15, 0.2) is 39.5 Å². The van der Waals surface area contributed by atoms with Crippen molar-refractivity contribution >= 4 is 11.0 Å². The minimum atomic E-state index is -2.36. The van der Waals surface area contributed by atoms with Gasteiger partial charge >= 0.3 is 0 Å². The molecule has 4 atom stereocenters. The Labute approximate surface area is 211 Å². The van der Waals surface area contributed by atoms with E-state index < -0.39 is 62.4 Å². The summed E-state index contributed by atoms with van der Waals surface area (Å²) in [7, 11) is 0. The third kappa shape index (κ3) is 3.53. The van der Waals surface area contributed by atoms with Crippen molar-refractivity contribution < 1.29 is 49.6 Å². The fourth-order valence-corrected chi connectivity index (χ4v) is 4.72. The maximum atomic E-state index is 13.7. The maximum Gasteiger partial charge on any atom is 0.240 e. The number of rotatable bonds is 3. The van der Waals surface area contributed by atoms with Crippen LogP contribution in [-0.2, 0) is 4.74 Å². The smallest absolute Gasteiger partial charge is 0.240 e. The molecular weight excluding hydrogens is 488 g/mol. The molecule has 0 spiro atoms. The first-order valence-corrected chi connectivity index (χ1v) is 11.4. The predicted octanol–water partition coefficient (Wildman–Crippen LogP) is 2.44. The van der Waals surface area contributed by atoms with Crippen LogP contribution in [0.25, 0.3) is 22.3 Å². The first kappa shape index (κ1) is 26.6. The number of phenols is 4. The van der Waals surface area contributed by atoms with E-state index in [9.17, 15) is 40.5 Å². The molecule has 0 saturated carbocycles. The average molecular weight is 519 g/mol. The zero-order valence-electron chi connectivity index (χ0n) is 21.2. The molecule has 1 saturated heterocycles. The number of aromatic hydroxyl groups is 4. The van der Waals surface area contributed by atoms with E-state index >= 15 is 0 Å². The largest absolute Gasteiger partial charge is 0.508 e. The van der Waals surface area contributed by atoms with E-state index in [1.54, 1.807) is 0 Å². The van der Waals surface area contributed by atoms with Gasteiger partial charge in [0.2, 0.25) is 17.0 Å². The Morgan fingerprint density at radius 2 is 1.38 bits per heavy atom. The Morgan fingerprint density at radius 1 is 0.757 bits per heavy atom. The highest BCUT2D eigenvalue weighted by Crippen LogP contribution is 2.54. The average Bonchev–Trinajstić information content (AvgIpc) is 2.75. The number of fused-ring (bicyclic) bond motifs is 1. The van der Waals surface area contributed by atoms with Crippen LogP contribution in [0, 0.1) is 0 Å². The van der Waals surface area contributed by atoms with Gasteiger partial charge in [-0.15, -0.1) is 0 Å². The molecule has 3 aromatic rings. The number of benzene rings is 2. The van der Waals surface area contributed by atoms with Crippen molar-refractivity contribution in [2.45, 2.75) is 69.7 Å². The lowest BCUT2D eigenvalue weighted by Gasteiger charge is -2.64. The molecular formula is C26H30O11. The van der Waals surface area contributed by atoms with Gasteiger partial charge in [-0.05, 0) is 52.8 Å². The highest BCUT2D eigenvalue weighted by Gasteiger charge is 2.74. The second kappa shape index (κ2) is 7.75. The molecule has 7 N–H and O–H groups in total. The van der Waals surface area contributed by atoms with Crippen molar-refractivity contribution in [2.75, 3.05) is 0 Å². The van der Waals surface area contributed by atoms with E-state index in [4.69, 9.17) is 13.9 Å². The molecule has 0 radical (unpaired) electrons. The summed E-state index contributed by atoms with van der Waals surface area (Å²) in [6.45, 7) is 7.86. The van der Waals surface area contributed by atoms with Crippen LogP contribution >= 0.6 is 0 Å². The summed E-state index contributed by atoms with van der Waals surface area (Å²) in [6, 6.07) is 5.54. The van der Waals surface area contributed by atoms with Crippen LogP contribution in [0.2, 0.25) is 0 Å². The zero-order chi connectivity index (χ0) is 27.9. The van der Waals surface area contributed by atoms with Crippen LogP contribution in [0.5, 0.6) is 28.7 Å². The van der Waals surface area contributed by atoms with Crippen LogP contribution in [-0.4, -0.2) is 63.9 Å². The van der Waals surface area contributed by atoms with Gasteiger partial charge in [0.05, 0.1) is 5.60 Å². The number of aliphatic hydroxyl groups is 3. The summed E-state index contributed by atoms with van der Waals surface area (Å²) in [6.07, 6.45) is 0. The summed E-state index contributed by atoms with van der Waals surface area (Å²) in [5.41, 5.74) is -9.25. The van der Waals surface area contributed by atoms with Crippen LogP contribution in [0.3, 0.4) is 0 Å². The fraction of sp³-hybridized carbons (Fsp3) is 0.423. The molecule has 4 rings (SSSR count). The molecule has 2 heterocycles. The second-order valence-electron chi connectivity index (χ2n) is 10.5. The SMILES string of the molecule is CC1(C)OC(C)(Oc2c(-c3ccc(O)c(O)c3)oc3cc(O)cc(O)c3c2=O)C(C)(O)C(C)(O)C1(C)O. The van der Waals surface area contributed by atoms with Gasteiger partial charge in [0.25, 0.3) is 0 Å². The molecule has 37 heavy (non-hydrogen) atoms. The van der Waals surface area contributed by atoms with E-state index in [0.717, 1.165) is 24.3 Å². The Hall–Kier alpha value is -3.51. The topological polar surface area (TPSA) is 190 Å². The van der Waals surface area contributed by atoms with Crippen molar-refractivity contribution in [1.82, 2.24) is 0 Å². The van der Waals surface area contributed by atoms with Gasteiger partial charge in [0.1, 0.15) is 33.7 Å². The minimum Gasteiger partial charge on any atom is -0.508 e. The molecule has 11 nitrogen and oxygen atoms in total. The van der Waals surface area contributed by atoms with Crippen LogP contribution in [0.1, 0.15) is 41.5 Å². The first-order chi connectivity index (χ1) is 16.8. The van der Waals surface area contributed by atoms with Crippen molar-refractivity contribution in [3.05, 3.63) is 40.6 Å². The fourth-order valence-electron chi connectivity index (χ4n) is 4.72. The Morgan fingerprint density at radius 3 is 1.97 bits per heavy atom. The Balaban J connectivity index is 2.04. The molecule has 1 aliphatic heterocycles. The van der Waals surface area contributed by atoms with E-state index in [2.05, 4.69) is 0 Å². The van der Waals surface area contributed by atoms with Crippen molar-refractivity contribution in [3.8, 4) is 40.1 Å². The Bertz CT molecular complexity index is 1470. The van der Waals surface area contributed by atoms with Crippen molar-refractivity contribution in [1.29, 1.82) is 0 Å². The molecule has 11 heteroatoms. The van der Waals surface area contributed by atoms with Gasteiger partial charge in [-0.25, -0.2) is 0 Å². The number of phenolic OH excluding ortho intramolecular Hbond substituents is 4. The van der Waals surface area contributed by atoms with E-state index in [0.29, 0.717) is 0 Å². The van der Waals surface area contributed by atoms with Crippen molar-refractivity contribution in [3.63, 3.8) is 0 Å². The molecule has 4 unspecified atom stereocenters. The molecule has 0 amide bonds. The van der Waals surface area contributed by atoms with Gasteiger partial charge in [0, 0.05) is 24.6 Å². The highest BCUT2D eigenvalue weighted by atomic mass is 16.7. The summed E-state index contributed by atoms with van der Waals surface area (Å²) in [4.78, 5) is 13.7. The maximum absolute atomic E-state index is 13.7. The van der Waals surface area contributed by atoms with E-state index in [1.165, 1.54) is 47.6 Å². The summed E-state index contributed by atoms with van der Waals surface area (Å²) in [5.74, 6) is -5.11. The summed E-state index contributed by atoms with van der Waals surface area (Å²) < 4.78 is 17.9. The van der Waals surface area contributed by atoms with Crippen molar-refractivity contribution in [2.24, 2.45) is 0 Å². The van der Waals surface area contributed by atoms with E-state index in [-0.39, 0.29) is 22.3 Å². The number of hydrogen-bond donors (Lipinski definition) is 7. The van der Waals surface area contributed by atoms with E-state index in [1.807, 2.05) is 0 Å². The standard InChI is InChI=1S/C26H30O11/c1-22(2)23(3,32)24(4,33)25(5,34)26(6,37-22)36-21-19(31)18-16(30)10-13(27)11-17(18)35-20(21)12-7-8-14(28)15(29)9-12/h7-11,27-30,32-34H,1-6H3. The Kier molecular flexibility index (Phi) is 5.56. The third-order valence-corrected chi connectivity index (χ3v) is 7.85. The normalized spacial score (nSPS) is 31.4. The minimum absolute atomic E-state index is 0.0456. The zero-order valence-corrected chi connectivity index (χ0v) is 21.2. The number of ether oxygens (including phenoxy) is 2. The lowest BCUT2D eigenvalue weighted by Crippen LogP contribution is -2.84. The van der Waals surface area contributed by atoms with Gasteiger partial charge in [-0.2, -0.15) is 0 Å². The van der Waals surface area contributed by atoms with Crippen LogP contribution in [0.4, 0.5) is 0 Å². The first-order valence-electron chi connectivity index (χ1n) is 11.4. The number of hydrogen-bond acceptors (Lipinski definition) is 11. The molecule has 0 aliphatic carbocycles. The van der Waals surface area contributed by atoms with Gasteiger partial charge in [-0.1, -0.05) is 0 Å². The molecule has 1 aliphatic rings. The third-order valence-electron chi connectivity index (χ3n) is 7.85. The van der Waals surface area contributed by atoms with Crippen LogP contribution < -0.4 is 10.2 Å². The molecule has 1 aromatic heterocycles. The molecule has 1 fully saturated rings. The lowest BCUT2D eigenvalue weighted by molar-refractivity contribution is -0.435. The highest BCUT2D eigenvalue weighted by molar-refractivity contribution is 5.88. The molecule has 2 aromatic carbocycles. The predicted molar refractivity (Wildman–Crippen MR) is 131 cm³/mol. The second-order valence-corrected chi connectivity index (χ2v) is 10.5. The van der Waals surface area contributed by atoms with Gasteiger partial charge in [0.15, 0.2) is 22.9 Å². The van der Waals surface area contributed by atoms with Gasteiger partial charge < -0.3 is 49.6 Å².